The number of aromatic nitrogens is 1. The van der Waals surface area contributed by atoms with Gasteiger partial charge in [-0.05, 0) is 49.2 Å². The van der Waals surface area contributed by atoms with Gasteiger partial charge in [-0.1, -0.05) is 13.0 Å². The van der Waals surface area contributed by atoms with Gasteiger partial charge in [-0.15, -0.1) is 0 Å². The van der Waals surface area contributed by atoms with Gasteiger partial charge < -0.3 is 14.7 Å². The number of carbonyl (C=O) groups excluding carboxylic acids is 2. The second-order valence-electron chi connectivity index (χ2n) is 7.44. The van der Waals surface area contributed by atoms with Crippen LogP contribution in [0.2, 0.25) is 0 Å². The molecule has 0 radical (unpaired) electrons. The van der Waals surface area contributed by atoms with E-state index in [1.54, 1.807) is 18.1 Å². The minimum absolute atomic E-state index is 0.103. The van der Waals surface area contributed by atoms with Crippen LogP contribution in [-0.2, 0) is 16.0 Å². The Kier molecular flexibility index (Phi) is 6.86. The lowest BCUT2D eigenvalue weighted by Crippen LogP contribution is -2.48. The van der Waals surface area contributed by atoms with E-state index in [0.717, 1.165) is 55.2 Å². The highest BCUT2D eigenvalue weighted by molar-refractivity contribution is 5.92. The molecule has 0 bridgehead atoms. The maximum absolute atomic E-state index is 12.6. The topological polar surface area (TPSA) is 56.8 Å². The molecule has 0 unspecified atom stereocenters. The molecule has 29 heavy (non-hydrogen) atoms. The Morgan fingerprint density at radius 2 is 1.76 bits per heavy atom. The molecule has 1 fully saturated rings. The van der Waals surface area contributed by atoms with Gasteiger partial charge in [0.25, 0.3) is 0 Å². The van der Waals surface area contributed by atoms with E-state index in [4.69, 9.17) is 0 Å². The van der Waals surface area contributed by atoms with Crippen molar-refractivity contribution in [3.63, 3.8) is 0 Å². The molecule has 1 saturated heterocycles. The first-order valence-electron chi connectivity index (χ1n) is 10.3. The van der Waals surface area contributed by atoms with Gasteiger partial charge in [0, 0.05) is 69.3 Å². The molecule has 2 amide bonds. The normalized spacial score (nSPS) is 14.0. The first-order chi connectivity index (χ1) is 14.0. The zero-order valence-electron chi connectivity index (χ0n) is 17.6. The average molecular weight is 395 g/mol. The zero-order valence-corrected chi connectivity index (χ0v) is 17.6. The number of hydrogen-bond donors (Lipinski definition) is 0. The Balaban J connectivity index is 1.50. The molecule has 1 aliphatic rings. The fourth-order valence-corrected chi connectivity index (χ4v) is 3.66. The highest BCUT2D eigenvalue weighted by atomic mass is 16.2. The van der Waals surface area contributed by atoms with Crippen molar-refractivity contribution < 1.29 is 9.59 Å². The third-order valence-corrected chi connectivity index (χ3v) is 5.64. The van der Waals surface area contributed by atoms with E-state index in [0.29, 0.717) is 12.8 Å². The van der Waals surface area contributed by atoms with Crippen LogP contribution < -0.4 is 9.80 Å². The van der Waals surface area contributed by atoms with Crippen LogP contribution in [0.1, 0.15) is 31.0 Å². The number of benzene rings is 1. The second-order valence-corrected chi connectivity index (χ2v) is 7.44. The van der Waals surface area contributed by atoms with Crippen LogP contribution in [-0.4, -0.2) is 54.9 Å². The Bertz CT molecular complexity index is 842. The molecule has 1 aromatic heterocycles. The van der Waals surface area contributed by atoms with E-state index in [1.165, 1.54) is 0 Å². The largest absolute Gasteiger partial charge is 0.368 e. The summed E-state index contributed by atoms with van der Waals surface area (Å²) in [5, 5.41) is 0. The highest BCUT2D eigenvalue weighted by Gasteiger charge is 2.21. The van der Waals surface area contributed by atoms with Gasteiger partial charge >= 0.3 is 0 Å². The molecule has 0 N–H and O–H groups in total. The van der Waals surface area contributed by atoms with Crippen molar-refractivity contribution >= 4 is 23.2 Å². The number of nitrogens with zero attached hydrogens (tertiary/aromatic N) is 4. The van der Waals surface area contributed by atoms with Crippen LogP contribution in [0.3, 0.4) is 0 Å². The highest BCUT2D eigenvalue weighted by Crippen LogP contribution is 2.22. The summed E-state index contributed by atoms with van der Waals surface area (Å²) in [5.41, 5.74) is 4.18. The van der Waals surface area contributed by atoms with Gasteiger partial charge in [-0.3, -0.25) is 14.6 Å². The van der Waals surface area contributed by atoms with Crippen molar-refractivity contribution in [1.29, 1.82) is 0 Å². The molecule has 0 atom stereocenters. The number of anilines is 2. The lowest BCUT2D eigenvalue weighted by molar-refractivity contribution is -0.131. The molecule has 1 aromatic carbocycles. The minimum Gasteiger partial charge on any atom is -0.368 e. The van der Waals surface area contributed by atoms with Crippen LogP contribution in [0.25, 0.3) is 0 Å². The lowest BCUT2D eigenvalue weighted by atomic mass is 10.1. The number of aryl methyl sites for hydroxylation is 2. The zero-order chi connectivity index (χ0) is 20.8. The Morgan fingerprint density at radius 1 is 1.07 bits per heavy atom. The Morgan fingerprint density at radius 3 is 2.38 bits per heavy atom. The van der Waals surface area contributed by atoms with Crippen LogP contribution in [0.4, 0.5) is 11.4 Å². The molecule has 1 aliphatic heterocycles. The van der Waals surface area contributed by atoms with Gasteiger partial charge in [-0.2, -0.15) is 0 Å². The fraction of sp³-hybridized carbons (Fsp3) is 0.435. The molecule has 0 spiro atoms. The van der Waals surface area contributed by atoms with Crippen molar-refractivity contribution in [2.45, 2.75) is 33.1 Å². The van der Waals surface area contributed by atoms with E-state index < -0.39 is 0 Å². The van der Waals surface area contributed by atoms with Crippen molar-refractivity contribution in [2.75, 3.05) is 43.0 Å². The summed E-state index contributed by atoms with van der Waals surface area (Å²) in [6.45, 7) is 6.97. The van der Waals surface area contributed by atoms with Gasteiger partial charge in [0.15, 0.2) is 0 Å². The maximum Gasteiger partial charge on any atom is 0.226 e. The lowest BCUT2D eigenvalue weighted by Gasteiger charge is -2.36. The third-order valence-electron chi connectivity index (χ3n) is 5.64. The predicted octanol–water partition coefficient (Wildman–Crippen LogP) is 3.04. The van der Waals surface area contributed by atoms with E-state index in [-0.39, 0.29) is 11.8 Å². The summed E-state index contributed by atoms with van der Waals surface area (Å²) in [6, 6.07) is 12.0. The molecule has 0 aliphatic carbocycles. The molecule has 0 saturated carbocycles. The summed E-state index contributed by atoms with van der Waals surface area (Å²) in [6.07, 6.45) is 3.55. The van der Waals surface area contributed by atoms with Gasteiger partial charge in [0.1, 0.15) is 0 Å². The summed E-state index contributed by atoms with van der Waals surface area (Å²) in [7, 11) is 1.80. The number of rotatable bonds is 6. The van der Waals surface area contributed by atoms with Crippen molar-refractivity contribution in [2.24, 2.45) is 0 Å². The van der Waals surface area contributed by atoms with Crippen LogP contribution in [0, 0.1) is 6.92 Å². The quantitative estimate of drug-likeness (QED) is 0.756. The van der Waals surface area contributed by atoms with Crippen molar-refractivity contribution in [3.05, 3.63) is 53.9 Å². The van der Waals surface area contributed by atoms with E-state index in [2.05, 4.69) is 22.0 Å². The summed E-state index contributed by atoms with van der Waals surface area (Å²) >= 11 is 0. The van der Waals surface area contributed by atoms with E-state index in [9.17, 15) is 9.59 Å². The summed E-state index contributed by atoms with van der Waals surface area (Å²) in [5.74, 6) is 0.314. The standard InChI is InChI=1S/C23H30N4O2/c1-4-22(28)25(3)20-8-10-21(11-9-20)26-14-16-27(17-15-26)23(29)12-7-19-6-5-13-24-18(19)2/h5-6,8-11,13H,4,7,12,14-17H2,1-3H3. The molecule has 2 heterocycles. The van der Waals surface area contributed by atoms with Gasteiger partial charge in [0.05, 0.1) is 0 Å². The van der Waals surface area contributed by atoms with Crippen molar-refractivity contribution in [1.82, 2.24) is 9.88 Å². The minimum atomic E-state index is 0.103. The van der Waals surface area contributed by atoms with Gasteiger partial charge in [0.2, 0.25) is 11.8 Å². The monoisotopic (exact) mass is 394 g/mol. The van der Waals surface area contributed by atoms with Gasteiger partial charge in [-0.25, -0.2) is 0 Å². The molecule has 3 rings (SSSR count). The second kappa shape index (κ2) is 9.54. The Hall–Kier alpha value is -2.89. The first kappa shape index (κ1) is 20.8. The first-order valence-corrected chi connectivity index (χ1v) is 10.3. The SMILES string of the molecule is CCC(=O)N(C)c1ccc(N2CCN(C(=O)CCc3cccnc3C)CC2)cc1. The number of amides is 2. The molecule has 6 heteroatoms. The maximum atomic E-state index is 12.6. The van der Waals surface area contributed by atoms with Crippen LogP contribution >= 0.6 is 0 Å². The summed E-state index contributed by atoms with van der Waals surface area (Å²) in [4.78, 5) is 34.7. The van der Waals surface area contributed by atoms with Crippen LogP contribution in [0.5, 0.6) is 0 Å². The Labute approximate surface area is 173 Å². The smallest absolute Gasteiger partial charge is 0.226 e. The van der Waals surface area contributed by atoms with Crippen molar-refractivity contribution in [3.8, 4) is 0 Å². The van der Waals surface area contributed by atoms with Crippen LogP contribution in [0.15, 0.2) is 42.6 Å². The average Bonchev–Trinajstić information content (AvgIpc) is 2.77. The molecule has 2 aromatic rings. The number of hydrogen-bond acceptors (Lipinski definition) is 4. The summed E-state index contributed by atoms with van der Waals surface area (Å²) < 4.78 is 0. The van der Waals surface area contributed by atoms with E-state index in [1.807, 2.05) is 43.0 Å². The third kappa shape index (κ3) is 5.13. The number of pyridine rings is 1. The molecule has 6 nitrogen and oxygen atoms in total. The molecular weight excluding hydrogens is 364 g/mol. The fourth-order valence-electron chi connectivity index (χ4n) is 3.66. The number of piperazine rings is 1. The predicted molar refractivity (Wildman–Crippen MR) is 116 cm³/mol. The number of carbonyl (C=O) groups is 2. The van der Waals surface area contributed by atoms with E-state index >= 15 is 0 Å². The molecule has 154 valence electrons. The molecular formula is C23H30N4O2.